The summed E-state index contributed by atoms with van der Waals surface area (Å²) in [5.74, 6) is -0.526. The van der Waals surface area contributed by atoms with Gasteiger partial charge in [-0.2, -0.15) is 0 Å². The van der Waals surface area contributed by atoms with Crippen LogP contribution >= 0.6 is 34.8 Å². The molecule has 0 radical (unpaired) electrons. The van der Waals surface area contributed by atoms with Gasteiger partial charge in [0.2, 0.25) is 5.90 Å². The molecule has 6 nitrogen and oxygen atoms in total. The van der Waals surface area contributed by atoms with Crippen molar-refractivity contribution in [3.05, 3.63) is 155 Å². The maximum atomic E-state index is 8.42. The topological polar surface area (TPSA) is 70.0 Å². The summed E-state index contributed by atoms with van der Waals surface area (Å²) in [5, 5.41) is 8.42. The Bertz CT molecular complexity index is 1520. The Morgan fingerprint density at radius 2 is 0.957 bits per heavy atom. The van der Waals surface area contributed by atoms with E-state index in [0.717, 1.165) is 27.8 Å². The summed E-state index contributed by atoms with van der Waals surface area (Å²) in [6.45, 7) is 1.48. The molecule has 1 aliphatic carbocycles. The van der Waals surface area contributed by atoms with Crippen molar-refractivity contribution >= 4 is 40.7 Å². The third-order valence-corrected chi connectivity index (χ3v) is 7.94. The van der Waals surface area contributed by atoms with E-state index in [9.17, 15) is 0 Å². The van der Waals surface area contributed by atoms with E-state index in [1.807, 2.05) is 127 Å². The van der Waals surface area contributed by atoms with Crippen molar-refractivity contribution in [1.29, 1.82) is 5.41 Å². The molecule has 0 unspecified atom stereocenters. The summed E-state index contributed by atoms with van der Waals surface area (Å²) in [6.07, 6.45) is -0.998. The van der Waals surface area contributed by atoms with E-state index >= 15 is 0 Å². The number of alkyl halides is 3. The van der Waals surface area contributed by atoms with Crippen LogP contribution in [-0.2, 0) is 50.1 Å². The Labute approximate surface area is 285 Å². The van der Waals surface area contributed by atoms with Gasteiger partial charge < -0.3 is 23.7 Å². The van der Waals surface area contributed by atoms with E-state index in [0.29, 0.717) is 13.2 Å². The molecule has 0 saturated heterocycles. The summed E-state index contributed by atoms with van der Waals surface area (Å²) >= 11 is 18.2. The maximum Gasteiger partial charge on any atom is 0.265 e. The monoisotopic (exact) mass is 679 g/mol. The molecule has 9 heteroatoms. The van der Waals surface area contributed by atoms with Crippen LogP contribution in [0.3, 0.4) is 0 Å². The highest BCUT2D eigenvalue weighted by atomic mass is 35.6. The highest BCUT2D eigenvalue weighted by Crippen LogP contribution is 2.35. The smallest absolute Gasteiger partial charge is 0.265 e. The van der Waals surface area contributed by atoms with Crippen LogP contribution in [0.2, 0.25) is 0 Å². The Morgan fingerprint density at radius 3 is 1.41 bits per heavy atom. The van der Waals surface area contributed by atoms with E-state index in [1.54, 1.807) is 0 Å². The molecule has 0 aromatic heterocycles. The minimum Gasteiger partial charge on any atom is -0.468 e. The van der Waals surface area contributed by atoms with Crippen LogP contribution in [0.25, 0.3) is 0 Å². The summed E-state index contributed by atoms with van der Waals surface area (Å²) in [7, 11) is 0. The molecule has 240 valence electrons. The standard InChI is InChI=1S/C37H36Cl3NO5/c38-37(39,40)36(41)46-32-21-31(26-42-22-27-13-5-1-6-14-27)33(43-23-28-15-7-2-8-16-28)35(45-25-30-19-11-4-12-20-30)34(32)44-24-29-17-9-3-10-18-29/h1-21,32-35,41H,22-26H2/t32-,33-,34+,35+/m1/s1. The Balaban J connectivity index is 1.49. The summed E-state index contributed by atoms with van der Waals surface area (Å²) in [4.78, 5) is 0. The molecule has 0 bridgehead atoms. The van der Waals surface area contributed by atoms with Gasteiger partial charge in [-0.1, -0.05) is 156 Å². The van der Waals surface area contributed by atoms with Gasteiger partial charge in [0.15, 0.2) is 0 Å². The van der Waals surface area contributed by atoms with Crippen LogP contribution < -0.4 is 0 Å². The van der Waals surface area contributed by atoms with Crippen LogP contribution in [-0.4, -0.2) is 40.7 Å². The fourth-order valence-electron chi connectivity index (χ4n) is 5.13. The van der Waals surface area contributed by atoms with Crippen molar-refractivity contribution < 1.29 is 23.7 Å². The zero-order valence-corrected chi connectivity index (χ0v) is 27.4. The van der Waals surface area contributed by atoms with Gasteiger partial charge in [-0.15, -0.1) is 0 Å². The van der Waals surface area contributed by atoms with Crippen molar-refractivity contribution in [2.75, 3.05) is 6.61 Å². The Hall–Kier alpha value is -3.20. The predicted octanol–water partition coefficient (Wildman–Crippen LogP) is 8.63. The van der Waals surface area contributed by atoms with E-state index < -0.39 is 34.1 Å². The van der Waals surface area contributed by atoms with Gasteiger partial charge in [-0.25, -0.2) is 0 Å². The first-order valence-corrected chi connectivity index (χ1v) is 16.1. The number of halogens is 3. The summed E-state index contributed by atoms with van der Waals surface area (Å²) < 4.78 is 30.1. The molecule has 5 rings (SSSR count). The van der Waals surface area contributed by atoms with Crippen LogP contribution in [0.4, 0.5) is 0 Å². The Morgan fingerprint density at radius 1 is 0.543 bits per heavy atom. The summed E-state index contributed by atoms with van der Waals surface area (Å²) in [6, 6.07) is 39.5. The molecule has 4 atom stereocenters. The van der Waals surface area contributed by atoms with E-state index in [-0.39, 0.29) is 19.8 Å². The average Bonchev–Trinajstić information content (AvgIpc) is 3.07. The molecule has 1 N–H and O–H groups in total. The van der Waals surface area contributed by atoms with Crippen LogP contribution in [0.5, 0.6) is 0 Å². The van der Waals surface area contributed by atoms with Crippen molar-refractivity contribution in [1.82, 2.24) is 0 Å². The molecule has 0 spiro atoms. The quantitative estimate of drug-likeness (QED) is 0.0625. The molecular formula is C37H36Cl3NO5. The highest BCUT2D eigenvalue weighted by molar-refractivity contribution is 6.76. The van der Waals surface area contributed by atoms with Gasteiger partial charge in [-0.05, 0) is 33.9 Å². The van der Waals surface area contributed by atoms with Gasteiger partial charge in [-0.3, -0.25) is 5.41 Å². The van der Waals surface area contributed by atoms with E-state index in [2.05, 4.69) is 0 Å². The van der Waals surface area contributed by atoms with Gasteiger partial charge in [0, 0.05) is 0 Å². The Kier molecular flexibility index (Phi) is 12.7. The maximum absolute atomic E-state index is 8.42. The lowest BCUT2D eigenvalue weighted by atomic mass is 9.88. The molecule has 4 aromatic rings. The molecule has 1 aliphatic rings. The number of hydrogen-bond donors (Lipinski definition) is 1. The first-order chi connectivity index (χ1) is 22.4. The van der Waals surface area contributed by atoms with Gasteiger partial charge >= 0.3 is 0 Å². The van der Waals surface area contributed by atoms with Crippen molar-refractivity contribution in [3.8, 4) is 0 Å². The van der Waals surface area contributed by atoms with Crippen LogP contribution in [0, 0.1) is 5.41 Å². The van der Waals surface area contributed by atoms with E-state index in [4.69, 9.17) is 63.9 Å². The fraction of sp³-hybridized carbons (Fsp3) is 0.270. The second-order valence-electron chi connectivity index (χ2n) is 10.9. The van der Waals surface area contributed by atoms with Crippen LogP contribution in [0.15, 0.2) is 133 Å². The second-order valence-corrected chi connectivity index (χ2v) is 13.2. The lowest BCUT2D eigenvalue weighted by Gasteiger charge is -2.42. The zero-order valence-electron chi connectivity index (χ0n) is 25.1. The average molecular weight is 681 g/mol. The van der Waals surface area contributed by atoms with Crippen molar-refractivity contribution in [3.63, 3.8) is 0 Å². The van der Waals surface area contributed by atoms with E-state index in [1.165, 1.54) is 0 Å². The minimum absolute atomic E-state index is 0.214. The zero-order chi connectivity index (χ0) is 32.2. The van der Waals surface area contributed by atoms with Gasteiger partial charge in [0.25, 0.3) is 3.79 Å². The molecular weight excluding hydrogens is 645 g/mol. The first kappa shape index (κ1) is 34.1. The lowest BCUT2D eigenvalue weighted by Crippen LogP contribution is -2.54. The third kappa shape index (κ3) is 10.1. The summed E-state index contributed by atoms with van der Waals surface area (Å²) in [5.41, 5.74) is 4.75. The van der Waals surface area contributed by atoms with Crippen molar-refractivity contribution in [2.24, 2.45) is 0 Å². The molecule has 0 heterocycles. The van der Waals surface area contributed by atoms with Crippen LogP contribution in [0.1, 0.15) is 22.3 Å². The molecule has 0 saturated carbocycles. The molecule has 0 fully saturated rings. The molecule has 46 heavy (non-hydrogen) atoms. The molecule has 0 aliphatic heterocycles. The normalized spacial score (nSPS) is 19.8. The predicted molar refractivity (Wildman–Crippen MR) is 182 cm³/mol. The van der Waals surface area contributed by atoms with Gasteiger partial charge in [0.1, 0.15) is 24.4 Å². The van der Waals surface area contributed by atoms with Crippen molar-refractivity contribution in [2.45, 2.75) is 54.6 Å². The second kappa shape index (κ2) is 17.1. The number of benzene rings is 4. The number of nitrogens with one attached hydrogen (secondary N) is 1. The minimum atomic E-state index is -2.07. The molecule has 4 aromatic carbocycles. The number of rotatable bonds is 14. The number of ether oxygens (including phenoxy) is 5. The number of hydrogen-bond acceptors (Lipinski definition) is 6. The lowest BCUT2D eigenvalue weighted by molar-refractivity contribution is -0.171. The SMILES string of the molecule is N=C(O[C@@H]1C=C(COCc2ccccc2)[C@@H](OCc2ccccc2)[C@H](OCc2ccccc2)[C@H]1OCc1ccccc1)C(Cl)(Cl)Cl. The third-order valence-electron chi connectivity index (χ3n) is 7.42. The largest absolute Gasteiger partial charge is 0.468 e. The highest BCUT2D eigenvalue weighted by Gasteiger charge is 2.45. The molecule has 0 amide bonds. The first-order valence-electron chi connectivity index (χ1n) is 15.0. The fourth-order valence-corrected chi connectivity index (χ4v) is 5.27. The van der Waals surface area contributed by atoms with Gasteiger partial charge in [0.05, 0.1) is 33.0 Å².